The highest BCUT2D eigenvalue weighted by atomic mass is 16.6. The molecule has 0 radical (unpaired) electrons. The van der Waals surface area contributed by atoms with Crippen molar-refractivity contribution in [2.75, 3.05) is 26.4 Å². The number of carbonyl (C=O) groups is 2. The van der Waals surface area contributed by atoms with E-state index in [4.69, 9.17) is 14.6 Å². The third kappa shape index (κ3) is 4.26. The summed E-state index contributed by atoms with van der Waals surface area (Å²) < 4.78 is 9.76. The van der Waals surface area contributed by atoms with Crippen molar-refractivity contribution in [1.82, 2.24) is 5.32 Å². The van der Waals surface area contributed by atoms with Crippen LogP contribution in [0.3, 0.4) is 0 Å². The second-order valence-electron chi connectivity index (χ2n) is 3.16. The standard InChI is InChI=1S/C9H15NO5/c11-3-4-14-5-6-15-9(13)7-1-2-8(12)10-7/h7,11H,1-6H2,(H,10,12). The minimum absolute atomic E-state index is 0.0490. The van der Waals surface area contributed by atoms with Crippen LogP contribution in [0.15, 0.2) is 0 Å². The van der Waals surface area contributed by atoms with Gasteiger partial charge in [0.25, 0.3) is 0 Å². The number of esters is 1. The van der Waals surface area contributed by atoms with Crippen molar-refractivity contribution < 1.29 is 24.2 Å². The van der Waals surface area contributed by atoms with Crippen LogP contribution in [-0.2, 0) is 19.1 Å². The molecule has 0 saturated carbocycles. The van der Waals surface area contributed by atoms with E-state index in [1.807, 2.05) is 0 Å². The number of ether oxygens (including phenoxy) is 2. The molecule has 1 aliphatic rings. The maximum absolute atomic E-state index is 11.3. The Morgan fingerprint density at radius 1 is 1.47 bits per heavy atom. The minimum atomic E-state index is -0.504. The van der Waals surface area contributed by atoms with Crippen LogP contribution < -0.4 is 5.32 Å². The van der Waals surface area contributed by atoms with Crippen molar-refractivity contribution in [3.05, 3.63) is 0 Å². The Bertz CT molecular complexity index is 231. The van der Waals surface area contributed by atoms with Crippen LogP contribution in [-0.4, -0.2) is 49.5 Å². The van der Waals surface area contributed by atoms with Gasteiger partial charge in [-0.25, -0.2) is 4.79 Å². The van der Waals surface area contributed by atoms with Crippen LogP contribution in [0.5, 0.6) is 0 Å². The van der Waals surface area contributed by atoms with Crippen LogP contribution in [0.1, 0.15) is 12.8 Å². The molecule has 1 amide bonds. The van der Waals surface area contributed by atoms with E-state index >= 15 is 0 Å². The lowest BCUT2D eigenvalue weighted by Gasteiger charge is -2.09. The van der Waals surface area contributed by atoms with Crippen molar-refractivity contribution in [2.45, 2.75) is 18.9 Å². The quantitative estimate of drug-likeness (QED) is 0.432. The number of hydrogen-bond donors (Lipinski definition) is 2. The number of nitrogens with one attached hydrogen (secondary N) is 1. The van der Waals surface area contributed by atoms with E-state index in [1.54, 1.807) is 0 Å². The van der Waals surface area contributed by atoms with E-state index in [-0.39, 0.29) is 32.3 Å². The SMILES string of the molecule is O=C1CCC(C(=O)OCCOCCO)N1. The average Bonchev–Trinajstić information content (AvgIpc) is 2.64. The molecular weight excluding hydrogens is 202 g/mol. The first kappa shape index (κ1) is 11.9. The molecule has 1 atom stereocenters. The monoisotopic (exact) mass is 217 g/mol. The molecule has 0 aromatic rings. The smallest absolute Gasteiger partial charge is 0.328 e. The minimum Gasteiger partial charge on any atom is -0.462 e. The highest BCUT2D eigenvalue weighted by Gasteiger charge is 2.28. The molecule has 0 bridgehead atoms. The van der Waals surface area contributed by atoms with Gasteiger partial charge in [0.05, 0.1) is 19.8 Å². The molecule has 15 heavy (non-hydrogen) atoms. The number of rotatable bonds is 6. The maximum atomic E-state index is 11.3. The Morgan fingerprint density at radius 3 is 2.87 bits per heavy atom. The zero-order chi connectivity index (χ0) is 11.1. The Morgan fingerprint density at radius 2 is 2.27 bits per heavy atom. The fourth-order valence-electron chi connectivity index (χ4n) is 1.26. The number of hydrogen-bond acceptors (Lipinski definition) is 5. The summed E-state index contributed by atoms with van der Waals surface area (Å²) in [5.41, 5.74) is 0. The number of amides is 1. The van der Waals surface area contributed by atoms with E-state index in [2.05, 4.69) is 5.32 Å². The van der Waals surface area contributed by atoms with Crippen molar-refractivity contribution >= 4 is 11.9 Å². The maximum Gasteiger partial charge on any atom is 0.328 e. The van der Waals surface area contributed by atoms with Gasteiger partial charge in [-0.15, -0.1) is 0 Å². The van der Waals surface area contributed by atoms with Gasteiger partial charge in [0.15, 0.2) is 0 Å². The molecule has 1 fully saturated rings. The van der Waals surface area contributed by atoms with Gasteiger partial charge in [0.2, 0.25) is 5.91 Å². The summed E-state index contributed by atoms with van der Waals surface area (Å²) in [6, 6.07) is -0.504. The molecule has 1 rings (SSSR count). The summed E-state index contributed by atoms with van der Waals surface area (Å²) >= 11 is 0. The van der Waals surface area contributed by atoms with Gasteiger partial charge >= 0.3 is 5.97 Å². The lowest BCUT2D eigenvalue weighted by molar-refractivity contribution is -0.148. The topological polar surface area (TPSA) is 84.9 Å². The summed E-state index contributed by atoms with van der Waals surface area (Å²) in [6.07, 6.45) is 0.871. The number of aliphatic hydroxyl groups is 1. The second-order valence-corrected chi connectivity index (χ2v) is 3.16. The van der Waals surface area contributed by atoms with Crippen LogP contribution >= 0.6 is 0 Å². The Kier molecular flexibility index (Phi) is 5.06. The summed E-state index contributed by atoms with van der Waals surface area (Å²) in [5.74, 6) is -0.540. The molecule has 6 nitrogen and oxygen atoms in total. The van der Waals surface area contributed by atoms with E-state index in [0.29, 0.717) is 12.8 Å². The Balaban J connectivity index is 2.06. The lowest BCUT2D eigenvalue weighted by Crippen LogP contribution is -2.35. The van der Waals surface area contributed by atoms with Crippen LogP contribution in [0, 0.1) is 0 Å². The van der Waals surface area contributed by atoms with Crippen LogP contribution in [0.2, 0.25) is 0 Å². The zero-order valence-electron chi connectivity index (χ0n) is 8.40. The predicted molar refractivity (Wildman–Crippen MR) is 50.0 cm³/mol. The molecule has 6 heteroatoms. The lowest BCUT2D eigenvalue weighted by atomic mass is 10.2. The Hall–Kier alpha value is -1.14. The molecular formula is C9H15NO5. The van der Waals surface area contributed by atoms with Crippen molar-refractivity contribution in [3.8, 4) is 0 Å². The van der Waals surface area contributed by atoms with Gasteiger partial charge < -0.3 is 19.9 Å². The largest absolute Gasteiger partial charge is 0.462 e. The van der Waals surface area contributed by atoms with Gasteiger partial charge in [-0.2, -0.15) is 0 Å². The highest BCUT2D eigenvalue weighted by Crippen LogP contribution is 2.07. The highest BCUT2D eigenvalue weighted by molar-refractivity contribution is 5.87. The van der Waals surface area contributed by atoms with E-state index < -0.39 is 12.0 Å². The molecule has 0 aromatic carbocycles. The van der Waals surface area contributed by atoms with Crippen molar-refractivity contribution in [2.24, 2.45) is 0 Å². The normalized spacial score (nSPS) is 20.1. The van der Waals surface area contributed by atoms with Gasteiger partial charge in [0.1, 0.15) is 12.6 Å². The molecule has 1 heterocycles. The van der Waals surface area contributed by atoms with Gasteiger partial charge in [-0.05, 0) is 6.42 Å². The van der Waals surface area contributed by atoms with Crippen LogP contribution in [0.25, 0.3) is 0 Å². The second kappa shape index (κ2) is 6.36. The first-order chi connectivity index (χ1) is 7.24. The fraction of sp³-hybridized carbons (Fsp3) is 0.778. The van der Waals surface area contributed by atoms with Gasteiger partial charge in [0, 0.05) is 6.42 Å². The summed E-state index contributed by atoms with van der Waals surface area (Å²) in [7, 11) is 0. The predicted octanol–water partition coefficient (Wildman–Crippen LogP) is -1.18. The summed E-state index contributed by atoms with van der Waals surface area (Å²) in [5, 5.41) is 10.9. The van der Waals surface area contributed by atoms with E-state index in [9.17, 15) is 9.59 Å². The van der Waals surface area contributed by atoms with Gasteiger partial charge in [-0.3, -0.25) is 4.79 Å². The third-order valence-electron chi connectivity index (χ3n) is 1.99. The molecule has 0 spiro atoms. The molecule has 1 aliphatic heterocycles. The molecule has 1 unspecified atom stereocenters. The first-order valence-electron chi connectivity index (χ1n) is 4.88. The number of aliphatic hydroxyl groups excluding tert-OH is 1. The number of carbonyl (C=O) groups excluding carboxylic acids is 2. The third-order valence-corrected chi connectivity index (χ3v) is 1.99. The van der Waals surface area contributed by atoms with Crippen LogP contribution in [0.4, 0.5) is 0 Å². The van der Waals surface area contributed by atoms with Crippen molar-refractivity contribution in [1.29, 1.82) is 0 Å². The molecule has 1 saturated heterocycles. The van der Waals surface area contributed by atoms with E-state index in [1.165, 1.54) is 0 Å². The molecule has 2 N–H and O–H groups in total. The summed E-state index contributed by atoms with van der Waals surface area (Å²) in [4.78, 5) is 22.1. The Labute approximate surface area is 87.5 Å². The van der Waals surface area contributed by atoms with Gasteiger partial charge in [-0.1, -0.05) is 0 Å². The average molecular weight is 217 g/mol. The molecule has 86 valence electrons. The molecule has 0 aromatic heterocycles. The zero-order valence-corrected chi connectivity index (χ0v) is 8.40. The van der Waals surface area contributed by atoms with E-state index in [0.717, 1.165) is 0 Å². The molecule has 0 aliphatic carbocycles. The fourth-order valence-corrected chi connectivity index (χ4v) is 1.26. The summed E-state index contributed by atoms with van der Waals surface area (Å²) in [6.45, 7) is 0.586. The first-order valence-corrected chi connectivity index (χ1v) is 4.88. The van der Waals surface area contributed by atoms with Crippen molar-refractivity contribution in [3.63, 3.8) is 0 Å².